The number of methoxy groups -OCH3 is 1. The Morgan fingerprint density at radius 3 is 2.47 bits per heavy atom. The summed E-state index contributed by atoms with van der Waals surface area (Å²) in [6.45, 7) is 7.10. The second-order valence-corrected chi connectivity index (χ2v) is 5.52. The van der Waals surface area contributed by atoms with Gasteiger partial charge in [0.15, 0.2) is 0 Å². The van der Waals surface area contributed by atoms with Gasteiger partial charge in [-0.2, -0.15) is 0 Å². The van der Waals surface area contributed by atoms with Gasteiger partial charge in [-0.25, -0.2) is 4.39 Å². The van der Waals surface area contributed by atoms with Crippen LogP contribution in [0, 0.1) is 17.7 Å². The van der Waals surface area contributed by atoms with Gasteiger partial charge < -0.3 is 10.1 Å². The van der Waals surface area contributed by atoms with Crippen LogP contribution in [-0.4, -0.2) is 26.8 Å². The zero-order valence-corrected chi connectivity index (χ0v) is 12.3. The largest absolute Gasteiger partial charge is 0.383 e. The van der Waals surface area contributed by atoms with E-state index in [1.807, 2.05) is 12.1 Å². The fourth-order valence-electron chi connectivity index (χ4n) is 2.34. The molecule has 1 aromatic rings. The van der Waals surface area contributed by atoms with Crippen molar-refractivity contribution in [2.45, 2.75) is 26.7 Å². The normalized spacial score (nSPS) is 12.9. The molecule has 0 heterocycles. The molecule has 1 atom stereocenters. The fourth-order valence-corrected chi connectivity index (χ4v) is 2.34. The number of rotatable bonds is 9. The predicted molar refractivity (Wildman–Crippen MR) is 77.8 cm³/mol. The summed E-state index contributed by atoms with van der Waals surface area (Å²) in [6, 6.07) is 6.86. The third kappa shape index (κ3) is 7.28. The Balaban J connectivity index is 2.46. The van der Waals surface area contributed by atoms with Gasteiger partial charge in [0, 0.05) is 13.7 Å². The van der Waals surface area contributed by atoms with Crippen LogP contribution in [0.5, 0.6) is 0 Å². The minimum Gasteiger partial charge on any atom is -0.383 e. The highest BCUT2D eigenvalue weighted by atomic mass is 19.1. The van der Waals surface area contributed by atoms with Crippen molar-refractivity contribution in [1.82, 2.24) is 5.32 Å². The molecule has 0 aliphatic carbocycles. The molecule has 0 bridgehead atoms. The molecule has 1 N–H and O–H groups in total. The molecule has 0 saturated heterocycles. The van der Waals surface area contributed by atoms with Crippen molar-refractivity contribution in [3.63, 3.8) is 0 Å². The first-order valence-corrected chi connectivity index (χ1v) is 7.06. The minimum atomic E-state index is -0.164. The molecule has 2 nitrogen and oxygen atoms in total. The van der Waals surface area contributed by atoms with Crippen LogP contribution >= 0.6 is 0 Å². The van der Waals surface area contributed by atoms with Crippen molar-refractivity contribution in [1.29, 1.82) is 0 Å². The Hall–Kier alpha value is -0.930. The maximum Gasteiger partial charge on any atom is 0.123 e. The molecule has 1 aromatic carbocycles. The molecule has 19 heavy (non-hydrogen) atoms. The van der Waals surface area contributed by atoms with Gasteiger partial charge in [0.2, 0.25) is 0 Å². The lowest BCUT2D eigenvalue weighted by molar-refractivity contribution is 0.197. The molecule has 108 valence electrons. The van der Waals surface area contributed by atoms with E-state index in [1.54, 1.807) is 19.2 Å². The van der Waals surface area contributed by atoms with Crippen molar-refractivity contribution >= 4 is 0 Å². The molecular weight excluding hydrogens is 241 g/mol. The Kier molecular flexibility index (Phi) is 7.68. The van der Waals surface area contributed by atoms with Crippen molar-refractivity contribution < 1.29 is 9.13 Å². The van der Waals surface area contributed by atoms with Crippen LogP contribution < -0.4 is 5.32 Å². The smallest absolute Gasteiger partial charge is 0.123 e. The van der Waals surface area contributed by atoms with Crippen molar-refractivity contribution in [3.05, 3.63) is 35.6 Å². The number of halogens is 1. The summed E-state index contributed by atoms with van der Waals surface area (Å²) in [6.07, 6.45) is 2.18. The summed E-state index contributed by atoms with van der Waals surface area (Å²) in [5.41, 5.74) is 1.21. The maximum absolute atomic E-state index is 12.9. The van der Waals surface area contributed by atoms with Crippen LogP contribution in [0.3, 0.4) is 0 Å². The molecule has 1 rings (SSSR count). The summed E-state index contributed by atoms with van der Waals surface area (Å²) in [5.74, 6) is 1.10. The van der Waals surface area contributed by atoms with Gasteiger partial charge in [0.25, 0.3) is 0 Å². The average Bonchev–Trinajstić information content (AvgIpc) is 2.36. The molecule has 0 aliphatic rings. The van der Waals surface area contributed by atoms with Gasteiger partial charge in [-0.15, -0.1) is 0 Å². The molecule has 0 spiro atoms. The molecule has 0 amide bonds. The van der Waals surface area contributed by atoms with Crippen molar-refractivity contribution in [2.24, 2.45) is 11.8 Å². The van der Waals surface area contributed by atoms with E-state index in [2.05, 4.69) is 19.2 Å². The SMILES string of the molecule is COCCNCC(Cc1ccc(F)cc1)CC(C)C. The summed E-state index contributed by atoms with van der Waals surface area (Å²) in [7, 11) is 1.71. The van der Waals surface area contributed by atoms with Crippen LogP contribution in [0.15, 0.2) is 24.3 Å². The maximum atomic E-state index is 12.9. The summed E-state index contributed by atoms with van der Waals surface area (Å²) < 4.78 is 17.9. The van der Waals surface area contributed by atoms with E-state index in [4.69, 9.17) is 4.74 Å². The molecule has 0 saturated carbocycles. The molecule has 1 unspecified atom stereocenters. The van der Waals surface area contributed by atoms with Crippen LogP contribution in [-0.2, 0) is 11.2 Å². The number of hydrogen-bond donors (Lipinski definition) is 1. The first-order chi connectivity index (χ1) is 9.11. The van der Waals surface area contributed by atoms with E-state index >= 15 is 0 Å². The van der Waals surface area contributed by atoms with E-state index in [9.17, 15) is 4.39 Å². The fraction of sp³-hybridized carbons (Fsp3) is 0.625. The number of hydrogen-bond acceptors (Lipinski definition) is 2. The highest BCUT2D eigenvalue weighted by Crippen LogP contribution is 2.17. The second-order valence-electron chi connectivity index (χ2n) is 5.52. The lowest BCUT2D eigenvalue weighted by atomic mass is 9.91. The Bertz CT molecular complexity index is 337. The highest BCUT2D eigenvalue weighted by molar-refractivity contribution is 5.16. The van der Waals surface area contributed by atoms with Crippen molar-refractivity contribution in [2.75, 3.05) is 26.8 Å². The van der Waals surface area contributed by atoms with Crippen molar-refractivity contribution in [3.8, 4) is 0 Å². The first-order valence-electron chi connectivity index (χ1n) is 7.06. The Labute approximate surface area is 116 Å². The quantitative estimate of drug-likeness (QED) is 0.693. The standard InChI is InChI=1S/C16H26FNO/c1-13(2)10-15(12-18-8-9-19-3)11-14-4-6-16(17)7-5-14/h4-7,13,15,18H,8-12H2,1-3H3. The molecular formula is C16H26FNO. The molecule has 0 aromatic heterocycles. The van der Waals surface area contributed by atoms with E-state index in [0.29, 0.717) is 11.8 Å². The number of ether oxygens (including phenoxy) is 1. The van der Waals surface area contributed by atoms with Gasteiger partial charge in [0.05, 0.1) is 6.61 Å². The van der Waals surface area contributed by atoms with Crippen LogP contribution in [0.2, 0.25) is 0 Å². The van der Waals surface area contributed by atoms with Gasteiger partial charge in [0.1, 0.15) is 5.82 Å². The van der Waals surface area contributed by atoms with Crippen LogP contribution in [0.25, 0.3) is 0 Å². The van der Waals surface area contributed by atoms with E-state index < -0.39 is 0 Å². The lowest BCUT2D eigenvalue weighted by Gasteiger charge is -2.20. The lowest BCUT2D eigenvalue weighted by Crippen LogP contribution is -2.28. The monoisotopic (exact) mass is 267 g/mol. The number of nitrogens with one attached hydrogen (secondary N) is 1. The molecule has 0 fully saturated rings. The molecule has 3 heteroatoms. The summed E-state index contributed by atoms with van der Waals surface area (Å²) in [5, 5.41) is 3.42. The minimum absolute atomic E-state index is 0.164. The Morgan fingerprint density at radius 2 is 1.89 bits per heavy atom. The molecule has 0 radical (unpaired) electrons. The summed E-state index contributed by atoms with van der Waals surface area (Å²) in [4.78, 5) is 0. The molecule has 0 aliphatic heterocycles. The highest BCUT2D eigenvalue weighted by Gasteiger charge is 2.11. The Morgan fingerprint density at radius 1 is 1.21 bits per heavy atom. The zero-order valence-electron chi connectivity index (χ0n) is 12.3. The van der Waals surface area contributed by atoms with Crippen LogP contribution in [0.1, 0.15) is 25.8 Å². The van der Waals surface area contributed by atoms with Gasteiger partial charge in [-0.3, -0.25) is 0 Å². The van der Waals surface area contributed by atoms with E-state index in [-0.39, 0.29) is 5.82 Å². The topological polar surface area (TPSA) is 21.3 Å². The average molecular weight is 267 g/mol. The van der Waals surface area contributed by atoms with Gasteiger partial charge in [-0.1, -0.05) is 26.0 Å². The zero-order chi connectivity index (χ0) is 14.1. The first kappa shape index (κ1) is 16.1. The third-order valence-corrected chi connectivity index (χ3v) is 3.16. The predicted octanol–water partition coefficient (Wildman–Crippen LogP) is 3.27. The third-order valence-electron chi connectivity index (χ3n) is 3.16. The van der Waals surface area contributed by atoms with Crippen LogP contribution in [0.4, 0.5) is 4.39 Å². The van der Waals surface area contributed by atoms with E-state index in [1.165, 1.54) is 12.0 Å². The summed E-state index contributed by atoms with van der Waals surface area (Å²) >= 11 is 0. The van der Waals surface area contributed by atoms with Gasteiger partial charge >= 0.3 is 0 Å². The number of benzene rings is 1. The second kappa shape index (κ2) is 9.05. The van der Waals surface area contributed by atoms with E-state index in [0.717, 1.165) is 26.1 Å². The van der Waals surface area contributed by atoms with Gasteiger partial charge in [-0.05, 0) is 48.9 Å².